The topological polar surface area (TPSA) is 191 Å². The summed E-state index contributed by atoms with van der Waals surface area (Å²) in [7, 11) is 2.89. The van der Waals surface area contributed by atoms with Gasteiger partial charge in [0.15, 0.2) is 16.5 Å². The molecule has 0 spiro atoms. The first-order valence-electron chi connectivity index (χ1n) is 8.78. The lowest BCUT2D eigenvalue weighted by Crippen LogP contribution is -2.72. The first-order chi connectivity index (χ1) is 15.3. The number of carboxylic acids is 1. The van der Waals surface area contributed by atoms with Crippen LogP contribution in [0.1, 0.15) is 5.69 Å². The average Bonchev–Trinajstić information content (AvgIpc) is 3.37. The third-order valence-electron chi connectivity index (χ3n) is 4.46. The molecule has 1 saturated heterocycles. The number of anilines is 1. The number of nitrogen functional groups attached to an aromatic ring is 1. The zero-order chi connectivity index (χ0) is 23.0. The summed E-state index contributed by atoms with van der Waals surface area (Å²) >= 11 is 3.42. The molecule has 168 valence electrons. The van der Waals surface area contributed by atoms with Gasteiger partial charge in [0, 0.05) is 18.2 Å². The molecule has 0 saturated carbocycles. The fourth-order valence-electron chi connectivity index (χ4n) is 3.04. The molecular formula is C15H15N9O5S3. The summed E-state index contributed by atoms with van der Waals surface area (Å²) in [6, 6.07) is -1.47. The molecule has 2 aliphatic heterocycles. The van der Waals surface area contributed by atoms with Gasteiger partial charge in [0.25, 0.3) is 11.8 Å². The SMILES string of the molecule is CON=C(C(=O)NC1C(=O)N2C(C(=O)O)=C(Sc3nnnn3C)SCC12)c1csc(N)n1. The Balaban J connectivity index is 1.54. The van der Waals surface area contributed by atoms with Crippen LogP contribution in [0.2, 0.25) is 0 Å². The van der Waals surface area contributed by atoms with Crippen molar-refractivity contribution in [2.45, 2.75) is 17.2 Å². The van der Waals surface area contributed by atoms with Crippen molar-refractivity contribution in [1.82, 2.24) is 35.4 Å². The van der Waals surface area contributed by atoms with Crippen molar-refractivity contribution in [3.8, 4) is 0 Å². The number of carbonyl (C=O) groups is 3. The molecule has 17 heteroatoms. The second-order valence-electron chi connectivity index (χ2n) is 6.36. The Morgan fingerprint density at radius 2 is 2.25 bits per heavy atom. The fourth-order valence-corrected chi connectivity index (χ4v) is 5.93. The number of oxime groups is 1. The molecule has 4 heterocycles. The number of rotatable bonds is 7. The molecular weight excluding hydrogens is 482 g/mol. The Kier molecular flexibility index (Phi) is 6.02. The number of β-lactam (4-membered cyclic amide) rings is 1. The number of hydrogen-bond donors (Lipinski definition) is 3. The normalized spacial score (nSPS) is 20.6. The standard InChI is InChI=1S/C15H15N9O5S3/c1-23-15(19-21-22-23)32-13-9(12(27)28)24-6(4-30-13)8(11(24)26)18-10(25)7(20-29-2)5-3-31-14(16)17-5/h3,6,8H,4H2,1-2H3,(H2,16,17)(H,18,25)(H,27,28). The lowest BCUT2D eigenvalue weighted by atomic mass is 9.95. The molecule has 4 N–H and O–H groups in total. The zero-order valence-electron chi connectivity index (χ0n) is 16.5. The summed E-state index contributed by atoms with van der Waals surface area (Å²) in [5, 5.41) is 29.3. The van der Waals surface area contributed by atoms with Gasteiger partial charge < -0.3 is 21.0 Å². The molecule has 2 unspecified atom stereocenters. The van der Waals surface area contributed by atoms with E-state index >= 15 is 0 Å². The molecule has 32 heavy (non-hydrogen) atoms. The molecule has 1 fully saturated rings. The molecule has 0 aliphatic carbocycles. The number of aryl methyl sites for hydroxylation is 1. The van der Waals surface area contributed by atoms with Crippen LogP contribution < -0.4 is 11.1 Å². The van der Waals surface area contributed by atoms with Crippen molar-refractivity contribution < 1.29 is 24.3 Å². The van der Waals surface area contributed by atoms with Crippen molar-refractivity contribution in [3.63, 3.8) is 0 Å². The quantitative estimate of drug-likeness (QED) is 0.243. The van der Waals surface area contributed by atoms with Crippen LogP contribution in [0.15, 0.2) is 25.6 Å². The lowest BCUT2D eigenvalue weighted by Gasteiger charge is -2.49. The summed E-state index contributed by atoms with van der Waals surface area (Å²) in [5.74, 6) is -2.14. The summed E-state index contributed by atoms with van der Waals surface area (Å²) in [5.41, 5.74) is 5.50. The van der Waals surface area contributed by atoms with Crippen molar-refractivity contribution >= 4 is 63.5 Å². The van der Waals surface area contributed by atoms with Gasteiger partial charge in [-0.15, -0.1) is 28.2 Å². The van der Waals surface area contributed by atoms with Gasteiger partial charge in [-0.2, -0.15) is 0 Å². The van der Waals surface area contributed by atoms with Crippen molar-refractivity contribution in [2.75, 3.05) is 18.6 Å². The van der Waals surface area contributed by atoms with Gasteiger partial charge in [-0.05, 0) is 22.2 Å². The van der Waals surface area contributed by atoms with Gasteiger partial charge in [0.05, 0.1) is 10.3 Å². The molecule has 2 aromatic heterocycles. The fraction of sp³-hybridized carbons (Fsp3) is 0.333. The van der Waals surface area contributed by atoms with Gasteiger partial charge in [0.1, 0.15) is 18.8 Å². The minimum atomic E-state index is -1.27. The number of thiazole rings is 1. The number of hydrogen-bond acceptors (Lipinski definition) is 13. The van der Waals surface area contributed by atoms with E-state index < -0.39 is 29.9 Å². The first kappa shape index (κ1) is 22.0. The molecule has 0 aromatic carbocycles. The minimum absolute atomic E-state index is 0.143. The van der Waals surface area contributed by atoms with E-state index in [9.17, 15) is 19.5 Å². The van der Waals surface area contributed by atoms with Crippen LogP contribution in [-0.2, 0) is 26.3 Å². The number of nitrogens with zero attached hydrogens (tertiary/aromatic N) is 7. The smallest absolute Gasteiger partial charge is 0.354 e. The average molecular weight is 498 g/mol. The van der Waals surface area contributed by atoms with Gasteiger partial charge in [0.2, 0.25) is 5.16 Å². The van der Waals surface area contributed by atoms with Crippen LogP contribution in [0.25, 0.3) is 0 Å². The van der Waals surface area contributed by atoms with Crippen molar-refractivity contribution in [1.29, 1.82) is 0 Å². The molecule has 0 bridgehead atoms. The van der Waals surface area contributed by atoms with E-state index in [-0.39, 0.29) is 22.2 Å². The van der Waals surface area contributed by atoms with E-state index in [1.165, 1.54) is 33.8 Å². The number of carboxylic acid groups (broad SMARTS) is 1. The Morgan fingerprint density at radius 1 is 1.47 bits per heavy atom. The largest absolute Gasteiger partial charge is 0.477 e. The predicted octanol–water partition coefficient (Wildman–Crippen LogP) is -0.912. The number of fused-ring (bicyclic) bond motifs is 1. The minimum Gasteiger partial charge on any atom is -0.477 e. The number of aliphatic carboxylic acids is 1. The molecule has 2 aliphatic rings. The monoisotopic (exact) mass is 497 g/mol. The second-order valence-corrected chi connectivity index (χ2v) is 9.52. The van der Waals surface area contributed by atoms with Crippen LogP contribution in [-0.4, -0.2) is 83.6 Å². The first-order valence-corrected chi connectivity index (χ1v) is 11.5. The lowest BCUT2D eigenvalue weighted by molar-refractivity contribution is -0.153. The highest BCUT2D eigenvalue weighted by Crippen LogP contribution is 2.45. The van der Waals surface area contributed by atoms with E-state index in [1.807, 2.05) is 0 Å². The van der Waals surface area contributed by atoms with E-state index in [2.05, 4.69) is 31.0 Å². The zero-order valence-corrected chi connectivity index (χ0v) is 18.9. The summed E-state index contributed by atoms with van der Waals surface area (Å²) in [6.07, 6.45) is 0. The third-order valence-corrected chi connectivity index (χ3v) is 7.60. The van der Waals surface area contributed by atoms with E-state index in [4.69, 9.17) is 10.6 Å². The number of nitrogens with two attached hydrogens (primary N) is 1. The summed E-state index contributed by atoms with van der Waals surface area (Å²) in [4.78, 5) is 47.4. The molecule has 2 atom stereocenters. The maximum Gasteiger partial charge on any atom is 0.354 e. The number of tetrazole rings is 1. The third kappa shape index (κ3) is 3.89. The van der Waals surface area contributed by atoms with Crippen molar-refractivity contribution in [3.05, 3.63) is 21.0 Å². The summed E-state index contributed by atoms with van der Waals surface area (Å²) < 4.78 is 1.77. The molecule has 2 aromatic rings. The van der Waals surface area contributed by atoms with Gasteiger partial charge >= 0.3 is 5.97 Å². The Bertz CT molecular complexity index is 1160. The maximum atomic E-state index is 12.8. The molecule has 2 amide bonds. The highest BCUT2D eigenvalue weighted by atomic mass is 32.2. The van der Waals surface area contributed by atoms with E-state index in [0.717, 1.165) is 23.1 Å². The number of amides is 2. The molecule has 14 nitrogen and oxygen atoms in total. The van der Waals surface area contributed by atoms with Crippen LogP contribution in [0.3, 0.4) is 0 Å². The van der Waals surface area contributed by atoms with E-state index in [0.29, 0.717) is 15.1 Å². The van der Waals surface area contributed by atoms with Crippen LogP contribution in [0.5, 0.6) is 0 Å². The van der Waals surface area contributed by atoms with Crippen LogP contribution in [0, 0.1) is 0 Å². The van der Waals surface area contributed by atoms with Gasteiger partial charge in [-0.1, -0.05) is 5.16 Å². The van der Waals surface area contributed by atoms with Crippen molar-refractivity contribution in [2.24, 2.45) is 12.2 Å². The van der Waals surface area contributed by atoms with Crippen LogP contribution >= 0.6 is 34.9 Å². The Labute approximate surface area is 192 Å². The predicted molar refractivity (Wildman–Crippen MR) is 114 cm³/mol. The van der Waals surface area contributed by atoms with Gasteiger partial charge in [-0.25, -0.2) is 14.5 Å². The summed E-state index contributed by atoms with van der Waals surface area (Å²) in [6.45, 7) is 0. The maximum absolute atomic E-state index is 12.8. The van der Waals surface area contributed by atoms with Crippen LogP contribution in [0.4, 0.5) is 5.13 Å². The Hall–Kier alpha value is -3.18. The number of aromatic nitrogens is 5. The Morgan fingerprint density at radius 3 is 2.84 bits per heavy atom. The highest BCUT2D eigenvalue weighted by molar-refractivity contribution is 8.22. The van der Waals surface area contributed by atoms with E-state index in [1.54, 1.807) is 7.05 Å². The molecule has 4 rings (SSSR count). The van der Waals surface area contributed by atoms with Gasteiger partial charge in [-0.3, -0.25) is 14.5 Å². The number of nitrogens with one attached hydrogen (secondary N) is 1. The second kappa shape index (κ2) is 8.75. The highest BCUT2D eigenvalue weighted by Gasteiger charge is 2.54. The number of carbonyl (C=O) groups excluding carboxylic acids is 2. The number of thioether (sulfide) groups is 2. The molecule has 0 radical (unpaired) electrons.